The van der Waals surface area contributed by atoms with Crippen molar-refractivity contribution in [1.82, 2.24) is 0 Å². The van der Waals surface area contributed by atoms with E-state index in [1.54, 1.807) is 0 Å². The van der Waals surface area contributed by atoms with Gasteiger partial charge in [-0.25, -0.2) is 0 Å². The standard InChI is InChI=1S/2Al.BH3.Ca.H2O4S/c;;;;1-5(2,3)4/h;;1H3;;(H2,1,2,3,4)/q2*+3;;+2;. The van der Waals surface area contributed by atoms with Gasteiger partial charge in [-0.1, -0.05) is 0 Å². The molecular weight excluding hydrogens is 201 g/mol. The minimum Gasteiger partial charge on any atom is -0.264 e. The van der Waals surface area contributed by atoms with E-state index in [1.807, 2.05) is 0 Å². The Morgan fingerprint density at radius 3 is 1.00 bits per heavy atom. The summed E-state index contributed by atoms with van der Waals surface area (Å²) in [7, 11) is -4.67. The molecule has 4 nitrogen and oxygen atoms in total. The molecule has 0 heterocycles. The molecule has 0 aromatic heterocycles. The van der Waals surface area contributed by atoms with E-state index in [0.29, 0.717) is 0 Å². The van der Waals surface area contributed by atoms with Crippen molar-refractivity contribution in [1.29, 1.82) is 0 Å². The Kier molecular flexibility index (Phi) is 43.3. The van der Waals surface area contributed by atoms with Gasteiger partial charge in [-0.15, -0.1) is 0 Å². The Balaban J connectivity index is -0.0000000133. The third-order valence-electron chi connectivity index (χ3n) is 0. The second kappa shape index (κ2) is 12.9. The fraction of sp³-hybridized carbons (Fsp3) is 0. The maximum absolute atomic E-state index is 8.74. The second-order valence-corrected chi connectivity index (χ2v) is 1.34. The van der Waals surface area contributed by atoms with Crippen LogP contribution >= 0.6 is 0 Å². The van der Waals surface area contributed by atoms with Crippen LogP contribution in [0, 0.1) is 0 Å². The van der Waals surface area contributed by atoms with Gasteiger partial charge in [-0.05, 0) is 0 Å². The normalized spacial score (nSPS) is 6.44. The van der Waals surface area contributed by atoms with Crippen molar-refractivity contribution in [2.24, 2.45) is 0 Å². The maximum atomic E-state index is 8.74. The van der Waals surface area contributed by atoms with Crippen molar-refractivity contribution in [3.63, 3.8) is 0 Å². The SMILES string of the molecule is B.O=S(=O)(O)O.[Al+3].[Al+3].[Ca+2]. The molecule has 2 N–H and O–H groups in total. The van der Waals surface area contributed by atoms with Crippen molar-refractivity contribution in [3.8, 4) is 0 Å². The van der Waals surface area contributed by atoms with E-state index < -0.39 is 10.4 Å². The largest absolute Gasteiger partial charge is 3.00 e. The van der Waals surface area contributed by atoms with E-state index in [-0.39, 0.29) is 80.9 Å². The molecule has 0 atom stereocenters. The van der Waals surface area contributed by atoms with Crippen LogP contribution < -0.4 is 0 Å². The third kappa shape index (κ3) is 137. The Morgan fingerprint density at radius 1 is 1.00 bits per heavy atom. The van der Waals surface area contributed by atoms with Gasteiger partial charge in [0.05, 0.1) is 8.41 Å². The molecule has 0 bridgehead atoms. The first-order valence-electron chi connectivity index (χ1n) is 0.698. The summed E-state index contributed by atoms with van der Waals surface area (Å²) in [6.45, 7) is 0. The van der Waals surface area contributed by atoms with Crippen LogP contribution in [-0.4, -0.2) is 98.4 Å². The molecule has 0 aliphatic heterocycles. The summed E-state index contributed by atoms with van der Waals surface area (Å²) in [6.07, 6.45) is 0. The Morgan fingerprint density at radius 2 is 1.00 bits per heavy atom. The van der Waals surface area contributed by atoms with Crippen LogP contribution in [-0.2, 0) is 10.4 Å². The van der Waals surface area contributed by atoms with Gasteiger partial charge in [0.25, 0.3) is 0 Å². The van der Waals surface area contributed by atoms with Gasteiger partial charge in [-0.2, -0.15) is 8.42 Å². The molecule has 0 fully saturated rings. The van der Waals surface area contributed by atoms with Crippen LogP contribution in [0.25, 0.3) is 0 Å². The van der Waals surface area contributed by atoms with E-state index in [2.05, 4.69) is 0 Å². The maximum Gasteiger partial charge on any atom is 3.00 e. The van der Waals surface area contributed by atoms with Crippen molar-refractivity contribution < 1.29 is 17.5 Å². The van der Waals surface area contributed by atoms with Crippen molar-refractivity contribution in [2.45, 2.75) is 0 Å². The molecule has 0 radical (unpaired) electrons. The third-order valence-corrected chi connectivity index (χ3v) is 0. The zero-order chi connectivity index (χ0) is 4.50. The number of rotatable bonds is 0. The number of hydrogen-bond donors (Lipinski definition) is 2. The summed E-state index contributed by atoms with van der Waals surface area (Å²) in [5.41, 5.74) is 0. The van der Waals surface area contributed by atoms with E-state index in [9.17, 15) is 0 Å². The quantitative estimate of drug-likeness (QED) is 0.327. The smallest absolute Gasteiger partial charge is 0.264 e. The van der Waals surface area contributed by atoms with Gasteiger partial charge in [0.1, 0.15) is 0 Å². The first-order chi connectivity index (χ1) is 2.00. The summed E-state index contributed by atoms with van der Waals surface area (Å²) < 4.78 is 31.6. The van der Waals surface area contributed by atoms with Crippen LogP contribution in [0.15, 0.2) is 0 Å². The van der Waals surface area contributed by atoms with Crippen LogP contribution in [0.4, 0.5) is 0 Å². The van der Waals surface area contributed by atoms with Crippen molar-refractivity contribution in [2.75, 3.05) is 0 Å². The Labute approximate surface area is 107 Å². The molecule has 0 aliphatic carbocycles. The van der Waals surface area contributed by atoms with Gasteiger partial charge in [-0.3, -0.25) is 9.11 Å². The first kappa shape index (κ1) is 30.2. The molecule has 0 spiro atoms. The average Bonchev–Trinajstić information content (AvgIpc) is 0.722. The van der Waals surface area contributed by atoms with Crippen LogP contribution in [0.1, 0.15) is 0 Å². The monoisotopic (exact) mass is 206 g/mol. The van der Waals surface area contributed by atoms with Gasteiger partial charge in [0.2, 0.25) is 0 Å². The van der Waals surface area contributed by atoms with Gasteiger partial charge >= 0.3 is 82.9 Å². The summed E-state index contributed by atoms with van der Waals surface area (Å²) >= 11 is 0. The number of hydrogen-bond acceptors (Lipinski definition) is 2. The molecule has 9 heavy (non-hydrogen) atoms. The second-order valence-electron chi connectivity index (χ2n) is 0.448. The summed E-state index contributed by atoms with van der Waals surface area (Å²) in [4.78, 5) is 0. The fourth-order valence-corrected chi connectivity index (χ4v) is 0. The Bertz CT molecular complexity index is 102. The van der Waals surface area contributed by atoms with Crippen LogP contribution in [0.3, 0.4) is 0 Å². The summed E-state index contributed by atoms with van der Waals surface area (Å²) in [5.74, 6) is 0. The molecule has 0 rings (SSSR count). The molecule has 0 unspecified atom stereocenters. The minimum absolute atomic E-state index is 0. The van der Waals surface area contributed by atoms with E-state index in [4.69, 9.17) is 17.5 Å². The summed E-state index contributed by atoms with van der Waals surface area (Å²) in [5, 5.41) is 0. The molecule has 0 saturated carbocycles. The molecule has 0 amide bonds. The van der Waals surface area contributed by atoms with Crippen LogP contribution in [0.2, 0.25) is 0 Å². The van der Waals surface area contributed by atoms with Crippen molar-refractivity contribution in [3.05, 3.63) is 0 Å². The van der Waals surface area contributed by atoms with Crippen molar-refractivity contribution >= 4 is 91.3 Å². The van der Waals surface area contributed by atoms with E-state index in [0.717, 1.165) is 0 Å². The van der Waals surface area contributed by atoms with E-state index >= 15 is 0 Å². The average molecular weight is 206 g/mol. The fourth-order valence-electron chi connectivity index (χ4n) is 0. The molecular formula is H5Al2BCaO4S+8. The van der Waals surface area contributed by atoms with Gasteiger partial charge < -0.3 is 0 Å². The van der Waals surface area contributed by atoms with E-state index in [1.165, 1.54) is 0 Å². The molecule has 0 saturated heterocycles. The zero-order valence-corrected chi connectivity index (χ0v) is 9.32. The molecule has 38 valence electrons. The van der Waals surface area contributed by atoms with Gasteiger partial charge in [0, 0.05) is 0 Å². The van der Waals surface area contributed by atoms with Gasteiger partial charge in [0.15, 0.2) is 0 Å². The topological polar surface area (TPSA) is 74.6 Å². The molecule has 0 aromatic carbocycles. The zero-order valence-electron chi connectivity index (χ0n) is 3.98. The molecule has 0 aliphatic rings. The predicted octanol–water partition coefficient (Wildman–Crippen LogP) is -2.98. The molecule has 9 heteroatoms. The van der Waals surface area contributed by atoms with Crippen LogP contribution in [0.5, 0.6) is 0 Å². The first-order valence-corrected chi connectivity index (χ1v) is 2.10. The Hall–Kier alpha value is 2.26. The summed E-state index contributed by atoms with van der Waals surface area (Å²) in [6, 6.07) is 0. The predicted molar refractivity (Wildman–Crippen MR) is 41.4 cm³/mol. The molecule has 0 aromatic rings. The minimum atomic E-state index is -4.67.